The molecule has 0 saturated carbocycles. The number of dihydropyridines is 1. The molecule has 0 fully saturated rings. The average Bonchev–Trinajstić information content (AvgIpc) is 2.61. The Hall–Kier alpha value is -3.36. The summed E-state index contributed by atoms with van der Waals surface area (Å²) in [6, 6.07) is 3.73. The molecule has 0 bridgehead atoms. The van der Waals surface area contributed by atoms with Gasteiger partial charge in [-0.2, -0.15) is 0 Å². The molecule has 1 aliphatic rings. The molecule has 0 amide bonds. The Labute approximate surface area is 161 Å². The number of hydrogen-bond acceptors (Lipinski definition) is 8. The molecule has 1 aromatic rings. The van der Waals surface area contributed by atoms with E-state index in [4.69, 9.17) is 9.47 Å². The van der Waals surface area contributed by atoms with Crippen LogP contribution < -0.4 is 5.32 Å². The minimum atomic E-state index is -0.946. The molecule has 0 unspecified atom stereocenters. The van der Waals surface area contributed by atoms with Gasteiger partial charge in [0.05, 0.1) is 35.2 Å². The van der Waals surface area contributed by atoms with Crippen LogP contribution in [-0.2, 0) is 19.1 Å². The maximum atomic E-state index is 12.6. The number of nitro groups is 1. The van der Waals surface area contributed by atoms with Crippen molar-refractivity contribution < 1.29 is 29.1 Å². The molecule has 150 valence electrons. The lowest BCUT2D eigenvalue weighted by atomic mass is 9.80. The third-order valence-electron chi connectivity index (χ3n) is 4.28. The number of nitro benzene ring substituents is 1. The van der Waals surface area contributed by atoms with Gasteiger partial charge in [0.15, 0.2) is 5.75 Å². The highest BCUT2D eigenvalue weighted by molar-refractivity contribution is 6.00. The van der Waals surface area contributed by atoms with Gasteiger partial charge in [-0.3, -0.25) is 10.1 Å². The van der Waals surface area contributed by atoms with Gasteiger partial charge in [0, 0.05) is 17.5 Å². The van der Waals surface area contributed by atoms with Gasteiger partial charge in [0.25, 0.3) is 0 Å². The summed E-state index contributed by atoms with van der Waals surface area (Å²) in [4.78, 5) is 35.8. The minimum absolute atomic E-state index is 0.121. The van der Waals surface area contributed by atoms with Crippen LogP contribution in [0, 0.1) is 10.1 Å². The number of esters is 2. The monoisotopic (exact) mass is 390 g/mol. The highest BCUT2D eigenvalue weighted by Crippen LogP contribution is 2.41. The Bertz CT molecular complexity index is 846. The summed E-state index contributed by atoms with van der Waals surface area (Å²) < 4.78 is 10.3. The molecule has 0 saturated heterocycles. The number of hydrogen-bond donors (Lipinski definition) is 2. The number of benzene rings is 1. The van der Waals surface area contributed by atoms with Crippen LogP contribution in [0.3, 0.4) is 0 Å². The molecule has 0 radical (unpaired) electrons. The first-order valence-corrected chi connectivity index (χ1v) is 8.72. The fourth-order valence-corrected chi connectivity index (χ4v) is 3.15. The van der Waals surface area contributed by atoms with Gasteiger partial charge >= 0.3 is 17.6 Å². The number of nitrogens with one attached hydrogen (secondary N) is 1. The molecule has 9 heteroatoms. The topological polar surface area (TPSA) is 128 Å². The second-order valence-corrected chi connectivity index (χ2v) is 6.08. The van der Waals surface area contributed by atoms with Crippen LogP contribution >= 0.6 is 0 Å². The largest absolute Gasteiger partial charge is 0.502 e. The molecule has 9 nitrogen and oxygen atoms in total. The fourth-order valence-electron chi connectivity index (χ4n) is 3.15. The van der Waals surface area contributed by atoms with E-state index in [2.05, 4.69) is 5.32 Å². The van der Waals surface area contributed by atoms with E-state index in [1.807, 2.05) is 0 Å². The molecule has 0 aromatic heterocycles. The van der Waals surface area contributed by atoms with Crippen molar-refractivity contribution in [2.24, 2.45) is 0 Å². The smallest absolute Gasteiger partial charge is 0.336 e. The number of aromatic hydroxyl groups is 1. The van der Waals surface area contributed by atoms with E-state index in [9.17, 15) is 24.8 Å². The van der Waals surface area contributed by atoms with Crippen LogP contribution in [0.1, 0.15) is 39.2 Å². The third kappa shape index (κ3) is 3.98. The zero-order valence-corrected chi connectivity index (χ0v) is 16.1. The number of phenolic OH excluding ortho intramolecular Hbond substituents is 1. The molecular formula is C19H22N2O7. The number of carbonyl (C=O) groups is 2. The maximum Gasteiger partial charge on any atom is 0.336 e. The second kappa shape index (κ2) is 8.55. The molecule has 2 N–H and O–H groups in total. The lowest BCUT2D eigenvalue weighted by Gasteiger charge is -2.30. The summed E-state index contributed by atoms with van der Waals surface area (Å²) in [5.74, 6) is -2.76. The van der Waals surface area contributed by atoms with Crippen molar-refractivity contribution in [1.29, 1.82) is 0 Å². The molecule has 28 heavy (non-hydrogen) atoms. The Kier molecular flexibility index (Phi) is 6.40. The molecule has 2 rings (SSSR count). The van der Waals surface area contributed by atoms with Crippen molar-refractivity contribution in [2.45, 2.75) is 33.6 Å². The SMILES string of the molecule is CCOC(=O)C1=C(C)NC(C)=C(C(=O)OCC)C1c1ccc(O)c([N+](=O)[O-])c1. The van der Waals surface area contributed by atoms with E-state index in [0.717, 1.165) is 12.1 Å². The highest BCUT2D eigenvalue weighted by Gasteiger charge is 2.38. The Balaban J connectivity index is 2.73. The minimum Gasteiger partial charge on any atom is -0.502 e. The normalized spacial score (nSPS) is 14.6. The molecule has 1 heterocycles. The Morgan fingerprint density at radius 3 is 2.04 bits per heavy atom. The molecule has 0 atom stereocenters. The van der Waals surface area contributed by atoms with Gasteiger partial charge in [-0.1, -0.05) is 6.07 Å². The van der Waals surface area contributed by atoms with E-state index in [1.165, 1.54) is 6.07 Å². The lowest BCUT2D eigenvalue weighted by Crippen LogP contribution is -2.32. The Morgan fingerprint density at radius 1 is 1.11 bits per heavy atom. The molecule has 1 aliphatic heterocycles. The van der Waals surface area contributed by atoms with E-state index in [-0.39, 0.29) is 29.9 Å². The van der Waals surface area contributed by atoms with Gasteiger partial charge in [-0.25, -0.2) is 9.59 Å². The molecule has 0 spiro atoms. The van der Waals surface area contributed by atoms with Gasteiger partial charge < -0.3 is 19.9 Å². The van der Waals surface area contributed by atoms with Crippen LogP contribution in [0.2, 0.25) is 0 Å². The lowest BCUT2D eigenvalue weighted by molar-refractivity contribution is -0.385. The summed E-state index contributed by atoms with van der Waals surface area (Å²) in [5.41, 5.74) is 0.981. The number of rotatable bonds is 6. The van der Waals surface area contributed by atoms with E-state index in [0.29, 0.717) is 11.4 Å². The van der Waals surface area contributed by atoms with Crippen molar-refractivity contribution in [3.05, 3.63) is 56.4 Å². The van der Waals surface area contributed by atoms with Crippen LogP contribution in [0.5, 0.6) is 5.75 Å². The number of ether oxygens (including phenoxy) is 2. The predicted octanol–water partition coefficient (Wildman–Crippen LogP) is 2.66. The zero-order chi connectivity index (χ0) is 21.0. The molecule has 1 aromatic carbocycles. The second-order valence-electron chi connectivity index (χ2n) is 6.08. The van der Waals surface area contributed by atoms with E-state index >= 15 is 0 Å². The van der Waals surface area contributed by atoms with Crippen molar-refractivity contribution in [3.63, 3.8) is 0 Å². The summed E-state index contributed by atoms with van der Waals surface area (Å²) >= 11 is 0. The van der Waals surface area contributed by atoms with Crippen LogP contribution in [0.4, 0.5) is 5.69 Å². The van der Waals surface area contributed by atoms with Crippen LogP contribution in [-0.4, -0.2) is 35.2 Å². The number of nitrogens with zero attached hydrogens (tertiary/aromatic N) is 1. The first kappa shape index (κ1) is 20.9. The van der Waals surface area contributed by atoms with Crippen molar-refractivity contribution in [3.8, 4) is 5.75 Å². The summed E-state index contributed by atoms with van der Waals surface area (Å²) in [6.45, 7) is 6.85. The van der Waals surface area contributed by atoms with Crippen molar-refractivity contribution >= 4 is 17.6 Å². The number of phenols is 1. The third-order valence-corrected chi connectivity index (χ3v) is 4.28. The van der Waals surface area contributed by atoms with Crippen LogP contribution in [0.25, 0.3) is 0 Å². The predicted molar refractivity (Wildman–Crippen MR) is 99.3 cm³/mol. The van der Waals surface area contributed by atoms with Crippen LogP contribution in [0.15, 0.2) is 40.7 Å². The first-order chi connectivity index (χ1) is 13.2. The Morgan fingerprint density at radius 2 is 1.61 bits per heavy atom. The summed E-state index contributed by atoms with van der Waals surface area (Å²) in [5, 5.41) is 24.0. The average molecular weight is 390 g/mol. The zero-order valence-electron chi connectivity index (χ0n) is 16.1. The highest BCUT2D eigenvalue weighted by atomic mass is 16.6. The standard InChI is InChI=1S/C19H22N2O7/c1-5-27-18(23)15-10(3)20-11(4)16(19(24)28-6-2)17(15)12-7-8-14(22)13(9-12)21(25)26/h7-9,17,20,22H,5-6H2,1-4H3. The van der Waals surface area contributed by atoms with E-state index < -0.39 is 34.2 Å². The molecule has 0 aliphatic carbocycles. The van der Waals surface area contributed by atoms with Crippen molar-refractivity contribution in [2.75, 3.05) is 13.2 Å². The van der Waals surface area contributed by atoms with Gasteiger partial charge in [0.1, 0.15) is 0 Å². The maximum absolute atomic E-state index is 12.6. The summed E-state index contributed by atoms with van der Waals surface area (Å²) in [7, 11) is 0. The fraction of sp³-hybridized carbons (Fsp3) is 0.368. The first-order valence-electron chi connectivity index (χ1n) is 8.72. The number of allylic oxidation sites excluding steroid dienone is 2. The van der Waals surface area contributed by atoms with Gasteiger partial charge in [-0.15, -0.1) is 0 Å². The van der Waals surface area contributed by atoms with E-state index in [1.54, 1.807) is 27.7 Å². The summed E-state index contributed by atoms with van der Waals surface area (Å²) in [6.07, 6.45) is 0. The van der Waals surface area contributed by atoms with Gasteiger partial charge in [0.2, 0.25) is 0 Å². The number of carbonyl (C=O) groups excluding carboxylic acids is 2. The van der Waals surface area contributed by atoms with Crippen molar-refractivity contribution in [1.82, 2.24) is 5.32 Å². The quantitative estimate of drug-likeness (QED) is 0.431. The van der Waals surface area contributed by atoms with Gasteiger partial charge in [-0.05, 0) is 39.3 Å². The molecular weight excluding hydrogens is 368 g/mol.